The predicted molar refractivity (Wildman–Crippen MR) is 47.7 cm³/mol. The fourth-order valence-corrected chi connectivity index (χ4v) is 0.530. The van der Waals surface area contributed by atoms with Crippen molar-refractivity contribution in [2.75, 3.05) is 40.3 Å². The zero-order valence-electron chi connectivity index (χ0n) is 6.76. The minimum absolute atomic E-state index is 0. The molecular weight excluding hydrogens is 150 g/mol. The Kier molecular flexibility index (Phi) is 11.7. The molecule has 0 amide bonds. The largest absolute Gasteiger partial charge is 0.329 e. The highest BCUT2D eigenvalue weighted by atomic mass is 35.5. The number of nitrogens with one attached hydrogen (secondary N) is 1. The summed E-state index contributed by atoms with van der Waals surface area (Å²) >= 11 is 0. The van der Waals surface area contributed by atoms with Gasteiger partial charge in [-0.2, -0.15) is 0 Å². The van der Waals surface area contributed by atoms with E-state index < -0.39 is 0 Å². The highest BCUT2D eigenvalue weighted by molar-refractivity contribution is 5.85. The Morgan fingerprint density at radius 2 is 1.90 bits per heavy atom. The molecule has 0 aromatic rings. The van der Waals surface area contributed by atoms with Gasteiger partial charge in [0, 0.05) is 26.2 Å². The van der Waals surface area contributed by atoms with Crippen molar-refractivity contribution >= 4 is 12.4 Å². The Hall–Kier alpha value is 0.170. The van der Waals surface area contributed by atoms with Crippen LogP contribution in [-0.4, -0.2) is 45.2 Å². The van der Waals surface area contributed by atoms with Crippen LogP contribution in [0.2, 0.25) is 0 Å². The molecule has 3 N–H and O–H groups in total. The molecule has 0 spiro atoms. The molecule has 0 radical (unpaired) electrons. The van der Waals surface area contributed by atoms with Crippen LogP contribution in [0.25, 0.3) is 0 Å². The van der Waals surface area contributed by atoms with E-state index in [1.807, 2.05) is 0 Å². The lowest BCUT2D eigenvalue weighted by Crippen LogP contribution is -2.30. The van der Waals surface area contributed by atoms with E-state index >= 15 is 0 Å². The van der Waals surface area contributed by atoms with E-state index in [0.29, 0.717) is 0 Å². The van der Waals surface area contributed by atoms with Gasteiger partial charge < -0.3 is 16.0 Å². The molecule has 0 saturated heterocycles. The maximum absolute atomic E-state index is 5.27. The first-order chi connectivity index (χ1) is 4.27. The second kappa shape index (κ2) is 9.17. The van der Waals surface area contributed by atoms with Gasteiger partial charge in [0.15, 0.2) is 0 Å². The minimum atomic E-state index is 0. The van der Waals surface area contributed by atoms with E-state index in [9.17, 15) is 0 Å². The first-order valence-corrected chi connectivity index (χ1v) is 3.33. The standard InChI is InChI=1S/C6H17N3.ClH/c1-9(2)6-5-8-4-3-7;/h8H,3-7H2,1-2H3;1H. The highest BCUT2D eigenvalue weighted by Crippen LogP contribution is 1.68. The van der Waals surface area contributed by atoms with Gasteiger partial charge in [-0.15, -0.1) is 12.4 Å². The Morgan fingerprint density at radius 1 is 1.30 bits per heavy atom. The fourth-order valence-electron chi connectivity index (χ4n) is 0.530. The van der Waals surface area contributed by atoms with E-state index in [-0.39, 0.29) is 12.4 Å². The molecular formula is C6H18ClN3. The summed E-state index contributed by atoms with van der Waals surface area (Å²) < 4.78 is 0. The van der Waals surface area contributed by atoms with Crippen LogP contribution in [0.5, 0.6) is 0 Å². The molecule has 0 bridgehead atoms. The van der Waals surface area contributed by atoms with E-state index in [1.54, 1.807) is 0 Å². The normalized spacial score (nSPS) is 9.60. The number of likely N-dealkylation sites (N-methyl/N-ethyl adjacent to an activating group) is 1. The number of halogens is 1. The summed E-state index contributed by atoms with van der Waals surface area (Å²) in [5.74, 6) is 0. The van der Waals surface area contributed by atoms with Crippen LogP contribution >= 0.6 is 12.4 Å². The Labute approximate surface area is 69.4 Å². The predicted octanol–water partition coefficient (Wildman–Crippen LogP) is -0.482. The van der Waals surface area contributed by atoms with Crippen molar-refractivity contribution in [2.45, 2.75) is 0 Å². The third-order valence-corrected chi connectivity index (χ3v) is 1.06. The summed E-state index contributed by atoms with van der Waals surface area (Å²) in [6, 6.07) is 0. The van der Waals surface area contributed by atoms with E-state index in [1.165, 1.54) is 0 Å². The van der Waals surface area contributed by atoms with Crippen molar-refractivity contribution in [1.29, 1.82) is 0 Å². The van der Waals surface area contributed by atoms with E-state index in [0.717, 1.165) is 26.2 Å². The summed E-state index contributed by atoms with van der Waals surface area (Å²) in [5, 5.41) is 3.20. The number of hydrogen-bond acceptors (Lipinski definition) is 3. The maximum Gasteiger partial charge on any atom is 0.0101 e. The van der Waals surface area contributed by atoms with Gasteiger partial charge in [-0.05, 0) is 14.1 Å². The summed E-state index contributed by atoms with van der Waals surface area (Å²) in [4.78, 5) is 2.14. The molecule has 0 heterocycles. The molecule has 0 aliphatic carbocycles. The molecule has 0 atom stereocenters. The first kappa shape index (κ1) is 12.8. The molecule has 0 aromatic carbocycles. The van der Waals surface area contributed by atoms with Gasteiger partial charge in [0.2, 0.25) is 0 Å². The molecule has 0 aromatic heterocycles. The van der Waals surface area contributed by atoms with Crippen LogP contribution in [-0.2, 0) is 0 Å². The van der Waals surface area contributed by atoms with Crippen molar-refractivity contribution in [2.24, 2.45) is 5.73 Å². The lowest BCUT2D eigenvalue weighted by atomic mass is 10.5. The molecule has 4 heteroatoms. The molecule has 64 valence electrons. The van der Waals surface area contributed by atoms with Gasteiger partial charge in [0.25, 0.3) is 0 Å². The molecule has 10 heavy (non-hydrogen) atoms. The van der Waals surface area contributed by atoms with Crippen LogP contribution < -0.4 is 11.1 Å². The molecule has 0 fully saturated rings. The average molecular weight is 168 g/mol. The fraction of sp³-hybridized carbons (Fsp3) is 1.00. The quantitative estimate of drug-likeness (QED) is 0.544. The van der Waals surface area contributed by atoms with Crippen LogP contribution in [0.1, 0.15) is 0 Å². The first-order valence-electron chi connectivity index (χ1n) is 3.33. The minimum Gasteiger partial charge on any atom is -0.329 e. The lowest BCUT2D eigenvalue weighted by molar-refractivity contribution is 0.401. The van der Waals surface area contributed by atoms with Crippen LogP contribution in [0.15, 0.2) is 0 Å². The van der Waals surface area contributed by atoms with Crippen LogP contribution in [0.3, 0.4) is 0 Å². The number of hydrogen-bond donors (Lipinski definition) is 2. The van der Waals surface area contributed by atoms with Gasteiger partial charge >= 0.3 is 0 Å². The summed E-state index contributed by atoms with van der Waals surface area (Å²) in [6.45, 7) is 3.77. The second-order valence-corrected chi connectivity index (χ2v) is 2.34. The number of nitrogens with zero attached hydrogens (tertiary/aromatic N) is 1. The SMILES string of the molecule is CN(C)CCNCCN.Cl. The van der Waals surface area contributed by atoms with Gasteiger partial charge in [-0.1, -0.05) is 0 Å². The summed E-state index contributed by atoms with van der Waals surface area (Å²) in [5.41, 5.74) is 5.27. The topological polar surface area (TPSA) is 41.3 Å². The average Bonchev–Trinajstić information content (AvgIpc) is 1.80. The van der Waals surface area contributed by atoms with Crippen molar-refractivity contribution in [3.8, 4) is 0 Å². The second-order valence-electron chi connectivity index (χ2n) is 2.34. The molecule has 0 aliphatic rings. The monoisotopic (exact) mass is 167 g/mol. The van der Waals surface area contributed by atoms with E-state index in [2.05, 4.69) is 24.3 Å². The Morgan fingerprint density at radius 3 is 2.30 bits per heavy atom. The van der Waals surface area contributed by atoms with Crippen molar-refractivity contribution in [3.63, 3.8) is 0 Å². The van der Waals surface area contributed by atoms with Gasteiger partial charge in [-0.3, -0.25) is 0 Å². The zero-order valence-corrected chi connectivity index (χ0v) is 7.58. The van der Waals surface area contributed by atoms with Crippen LogP contribution in [0, 0.1) is 0 Å². The molecule has 0 rings (SSSR count). The molecule has 0 unspecified atom stereocenters. The molecule has 0 saturated carbocycles. The van der Waals surface area contributed by atoms with Crippen molar-refractivity contribution in [3.05, 3.63) is 0 Å². The van der Waals surface area contributed by atoms with Gasteiger partial charge in [0.1, 0.15) is 0 Å². The van der Waals surface area contributed by atoms with Crippen LogP contribution in [0.4, 0.5) is 0 Å². The van der Waals surface area contributed by atoms with Gasteiger partial charge in [0.05, 0.1) is 0 Å². The molecule has 3 nitrogen and oxygen atoms in total. The molecule has 0 aliphatic heterocycles. The maximum atomic E-state index is 5.27. The van der Waals surface area contributed by atoms with Crippen molar-refractivity contribution < 1.29 is 0 Å². The number of nitrogens with two attached hydrogens (primary N) is 1. The lowest BCUT2D eigenvalue weighted by Gasteiger charge is -2.08. The third kappa shape index (κ3) is 11.0. The Bertz CT molecular complexity index is 59.0. The smallest absolute Gasteiger partial charge is 0.0101 e. The summed E-state index contributed by atoms with van der Waals surface area (Å²) in [7, 11) is 4.12. The Balaban J connectivity index is 0. The number of rotatable bonds is 5. The zero-order chi connectivity index (χ0) is 7.11. The van der Waals surface area contributed by atoms with Gasteiger partial charge in [-0.25, -0.2) is 0 Å². The highest BCUT2D eigenvalue weighted by Gasteiger charge is 1.86. The van der Waals surface area contributed by atoms with Crippen molar-refractivity contribution in [1.82, 2.24) is 10.2 Å². The van der Waals surface area contributed by atoms with E-state index in [4.69, 9.17) is 5.73 Å². The third-order valence-electron chi connectivity index (χ3n) is 1.06. The summed E-state index contributed by atoms with van der Waals surface area (Å²) in [6.07, 6.45) is 0.